The van der Waals surface area contributed by atoms with Crippen LogP contribution in [0, 0.1) is 26.7 Å². The Morgan fingerprint density at radius 1 is 1.10 bits per heavy atom. The van der Waals surface area contributed by atoms with Gasteiger partial charge in [0, 0.05) is 24.7 Å². The molecule has 3 aromatic rings. The number of piperidine rings is 1. The van der Waals surface area contributed by atoms with Gasteiger partial charge in [0.15, 0.2) is 5.58 Å². The molecule has 0 bridgehead atoms. The first kappa shape index (κ1) is 20.9. The van der Waals surface area contributed by atoms with Gasteiger partial charge >= 0.3 is 0 Å². The van der Waals surface area contributed by atoms with Crippen molar-refractivity contribution in [2.24, 2.45) is 5.92 Å². The Morgan fingerprint density at radius 2 is 1.77 bits per heavy atom. The smallest absolute Gasteiger partial charge is 0.298 e. The molecule has 2 heterocycles. The van der Waals surface area contributed by atoms with Crippen molar-refractivity contribution in [2.45, 2.75) is 33.6 Å². The summed E-state index contributed by atoms with van der Waals surface area (Å²) in [5.74, 6) is -0.409. The van der Waals surface area contributed by atoms with E-state index in [-0.39, 0.29) is 24.3 Å². The summed E-state index contributed by atoms with van der Waals surface area (Å²) in [6, 6.07) is 12.3. The van der Waals surface area contributed by atoms with Crippen molar-refractivity contribution in [1.82, 2.24) is 10.3 Å². The van der Waals surface area contributed by atoms with E-state index in [9.17, 15) is 9.59 Å². The van der Waals surface area contributed by atoms with Crippen LogP contribution >= 0.6 is 0 Å². The van der Waals surface area contributed by atoms with Gasteiger partial charge in [-0.25, -0.2) is 0 Å². The number of fused-ring (bicyclic) bond motifs is 1. The monoisotopic (exact) mass is 420 g/mol. The van der Waals surface area contributed by atoms with Crippen LogP contribution < -0.4 is 15.5 Å². The highest BCUT2D eigenvalue weighted by atomic mass is 16.4. The summed E-state index contributed by atoms with van der Waals surface area (Å²) in [6.45, 7) is 7.33. The highest BCUT2D eigenvalue weighted by Crippen LogP contribution is 2.26. The molecule has 162 valence electrons. The largest absolute Gasteiger partial charge is 0.423 e. The lowest BCUT2D eigenvalue weighted by molar-refractivity contribution is -0.127. The maximum absolute atomic E-state index is 12.6. The summed E-state index contributed by atoms with van der Waals surface area (Å²) in [7, 11) is 0. The van der Waals surface area contributed by atoms with Gasteiger partial charge < -0.3 is 20.0 Å². The number of hydrogen-bond donors (Lipinski definition) is 2. The van der Waals surface area contributed by atoms with Gasteiger partial charge in [-0.3, -0.25) is 9.59 Å². The average Bonchev–Trinajstić information content (AvgIpc) is 3.19. The minimum atomic E-state index is -0.215. The van der Waals surface area contributed by atoms with Crippen LogP contribution in [0.1, 0.15) is 29.5 Å². The van der Waals surface area contributed by atoms with Crippen LogP contribution in [0.2, 0.25) is 0 Å². The normalized spacial score (nSPS) is 14.6. The lowest BCUT2D eigenvalue weighted by atomic mass is 9.96. The van der Waals surface area contributed by atoms with Gasteiger partial charge in [0.05, 0.1) is 6.54 Å². The number of carbonyl (C=O) groups is 2. The first-order chi connectivity index (χ1) is 14.9. The molecule has 1 aliphatic rings. The predicted molar refractivity (Wildman–Crippen MR) is 121 cm³/mol. The Hall–Kier alpha value is -3.35. The van der Waals surface area contributed by atoms with Crippen molar-refractivity contribution in [3.05, 3.63) is 53.1 Å². The molecular formula is C24H28N4O3. The number of oxazole rings is 1. The van der Waals surface area contributed by atoms with Crippen LogP contribution in [0.5, 0.6) is 0 Å². The third kappa shape index (κ3) is 4.71. The topological polar surface area (TPSA) is 87.5 Å². The zero-order valence-corrected chi connectivity index (χ0v) is 18.2. The minimum Gasteiger partial charge on any atom is -0.423 e. The number of carbonyl (C=O) groups excluding carboxylic acids is 2. The standard InChI is InChI=1S/C24H28N4O3/c1-15-12-16(2)22(17(3)13-15)27-21(29)14-25-23(30)18-8-10-28(11-9-18)24-26-19-6-4-5-7-20(19)31-24/h4-7,12-13,18H,8-11,14H2,1-3H3,(H,25,30)(H,27,29). The minimum absolute atomic E-state index is 0.0308. The van der Waals surface area contributed by atoms with E-state index in [2.05, 4.69) is 20.5 Å². The summed E-state index contributed by atoms with van der Waals surface area (Å²) in [5.41, 5.74) is 5.61. The summed E-state index contributed by atoms with van der Waals surface area (Å²) in [6.07, 6.45) is 1.39. The number of anilines is 2. The van der Waals surface area contributed by atoms with Gasteiger partial charge in [-0.05, 0) is 56.9 Å². The van der Waals surface area contributed by atoms with Gasteiger partial charge in [0.25, 0.3) is 6.01 Å². The third-order valence-corrected chi connectivity index (χ3v) is 5.78. The molecule has 1 fully saturated rings. The predicted octanol–water partition coefficient (Wildman–Crippen LogP) is 3.72. The van der Waals surface area contributed by atoms with Crippen LogP contribution in [0.4, 0.5) is 11.7 Å². The molecule has 1 saturated heterocycles. The second-order valence-corrected chi connectivity index (χ2v) is 8.27. The number of aryl methyl sites for hydroxylation is 3. The van der Waals surface area contributed by atoms with E-state index in [1.165, 1.54) is 0 Å². The fourth-order valence-corrected chi connectivity index (χ4v) is 4.20. The van der Waals surface area contributed by atoms with Crippen LogP contribution in [0.25, 0.3) is 11.1 Å². The fraction of sp³-hybridized carbons (Fsp3) is 0.375. The van der Waals surface area contributed by atoms with Gasteiger partial charge in [-0.1, -0.05) is 29.8 Å². The number of aromatic nitrogens is 1. The average molecular weight is 421 g/mol. The molecule has 2 N–H and O–H groups in total. The maximum atomic E-state index is 12.6. The second-order valence-electron chi connectivity index (χ2n) is 8.27. The molecule has 7 nitrogen and oxygen atoms in total. The maximum Gasteiger partial charge on any atom is 0.298 e. The zero-order chi connectivity index (χ0) is 22.0. The lowest BCUT2D eigenvalue weighted by Gasteiger charge is -2.30. The molecule has 4 rings (SSSR count). The molecule has 0 spiro atoms. The van der Waals surface area contributed by atoms with Gasteiger partial charge in [0.2, 0.25) is 11.8 Å². The van der Waals surface area contributed by atoms with E-state index in [0.717, 1.165) is 33.5 Å². The fourth-order valence-electron chi connectivity index (χ4n) is 4.20. The zero-order valence-electron chi connectivity index (χ0n) is 18.2. The van der Waals surface area contributed by atoms with Gasteiger partial charge in [0.1, 0.15) is 5.52 Å². The highest BCUT2D eigenvalue weighted by molar-refractivity contribution is 5.96. The first-order valence-corrected chi connectivity index (χ1v) is 10.7. The van der Waals surface area contributed by atoms with Gasteiger partial charge in [-0.2, -0.15) is 4.98 Å². The molecule has 0 saturated carbocycles. The summed E-state index contributed by atoms with van der Waals surface area (Å²) < 4.78 is 5.83. The molecule has 0 unspecified atom stereocenters. The quantitative estimate of drug-likeness (QED) is 0.657. The van der Waals surface area contributed by atoms with E-state index in [4.69, 9.17) is 4.42 Å². The van der Waals surface area contributed by atoms with Crippen LogP contribution in [-0.4, -0.2) is 36.4 Å². The number of hydrogen-bond acceptors (Lipinski definition) is 5. The Balaban J connectivity index is 1.27. The van der Waals surface area contributed by atoms with Crippen molar-refractivity contribution in [1.29, 1.82) is 0 Å². The van der Waals surface area contributed by atoms with Crippen molar-refractivity contribution < 1.29 is 14.0 Å². The second kappa shape index (κ2) is 8.79. The number of para-hydroxylation sites is 2. The molecule has 0 aliphatic carbocycles. The molecule has 1 aromatic heterocycles. The van der Waals surface area contributed by atoms with Crippen molar-refractivity contribution >= 4 is 34.6 Å². The Labute approximate surface area is 181 Å². The Kier molecular flexibility index (Phi) is 5.93. The van der Waals surface area contributed by atoms with Gasteiger partial charge in [-0.15, -0.1) is 0 Å². The molecule has 7 heteroatoms. The number of nitrogens with one attached hydrogen (secondary N) is 2. The summed E-state index contributed by atoms with van der Waals surface area (Å²) >= 11 is 0. The molecular weight excluding hydrogens is 392 g/mol. The third-order valence-electron chi connectivity index (χ3n) is 5.78. The summed E-state index contributed by atoms with van der Waals surface area (Å²) in [5, 5.41) is 5.71. The molecule has 2 amide bonds. The van der Waals surface area contributed by atoms with Crippen molar-refractivity contribution in [2.75, 3.05) is 29.9 Å². The molecule has 0 radical (unpaired) electrons. The van der Waals surface area contributed by atoms with E-state index >= 15 is 0 Å². The van der Waals surface area contributed by atoms with E-state index in [0.29, 0.717) is 31.9 Å². The SMILES string of the molecule is Cc1cc(C)c(NC(=O)CNC(=O)C2CCN(c3nc4ccccc4o3)CC2)c(C)c1. The highest BCUT2D eigenvalue weighted by Gasteiger charge is 2.27. The number of benzene rings is 2. The molecule has 1 aliphatic heterocycles. The number of amides is 2. The van der Waals surface area contributed by atoms with Crippen molar-refractivity contribution in [3.8, 4) is 0 Å². The van der Waals surface area contributed by atoms with E-state index in [1.54, 1.807) is 0 Å². The van der Waals surface area contributed by atoms with Crippen LogP contribution in [0.15, 0.2) is 40.8 Å². The number of nitrogens with zero attached hydrogens (tertiary/aromatic N) is 2. The number of rotatable bonds is 5. The molecule has 0 atom stereocenters. The van der Waals surface area contributed by atoms with Crippen LogP contribution in [0.3, 0.4) is 0 Å². The summed E-state index contributed by atoms with van der Waals surface area (Å²) in [4.78, 5) is 31.5. The molecule has 2 aromatic carbocycles. The van der Waals surface area contributed by atoms with Crippen molar-refractivity contribution in [3.63, 3.8) is 0 Å². The van der Waals surface area contributed by atoms with E-state index in [1.807, 2.05) is 57.2 Å². The lowest BCUT2D eigenvalue weighted by Crippen LogP contribution is -2.42. The molecule has 31 heavy (non-hydrogen) atoms. The van der Waals surface area contributed by atoms with E-state index < -0.39 is 0 Å². The Bertz CT molecular complexity index is 1060. The first-order valence-electron chi connectivity index (χ1n) is 10.7. The Morgan fingerprint density at radius 3 is 2.45 bits per heavy atom. The van der Waals surface area contributed by atoms with Crippen LogP contribution in [-0.2, 0) is 9.59 Å².